The fraction of sp³-hybridized carbons (Fsp3) is 0.364. The van der Waals surface area contributed by atoms with Gasteiger partial charge in [-0.3, -0.25) is 14.4 Å². The molecule has 0 aliphatic heterocycles. The van der Waals surface area contributed by atoms with Crippen LogP contribution in [0.4, 0.5) is 0 Å². The number of aromatic nitrogens is 1. The number of carboxylic acid groups (broad SMARTS) is 1. The summed E-state index contributed by atoms with van der Waals surface area (Å²) in [6, 6.07) is 4.33. The summed E-state index contributed by atoms with van der Waals surface area (Å²) in [5, 5.41) is 11.0. The highest BCUT2D eigenvalue weighted by molar-refractivity contribution is 5.92. The molecular weight excluding hydrogens is 224 g/mol. The van der Waals surface area contributed by atoms with Crippen LogP contribution in [0.25, 0.3) is 0 Å². The first-order valence-corrected chi connectivity index (χ1v) is 5.29. The van der Waals surface area contributed by atoms with Gasteiger partial charge in [-0.15, -0.1) is 0 Å². The number of aliphatic carboxylic acids is 1. The van der Waals surface area contributed by atoms with Crippen LogP contribution in [-0.4, -0.2) is 28.5 Å². The molecule has 0 saturated heterocycles. The van der Waals surface area contributed by atoms with Crippen LogP contribution < -0.4 is 10.9 Å². The quantitative estimate of drug-likeness (QED) is 0.623. The molecule has 6 heteroatoms. The van der Waals surface area contributed by atoms with Crippen molar-refractivity contribution in [2.75, 3.05) is 6.54 Å². The third-order valence-corrected chi connectivity index (χ3v) is 2.12. The van der Waals surface area contributed by atoms with Crippen LogP contribution in [0.1, 0.15) is 29.8 Å². The van der Waals surface area contributed by atoms with Crippen LogP contribution in [0, 0.1) is 0 Å². The molecule has 0 radical (unpaired) electrons. The summed E-state index contributed by atoms with van der Waals surface area (Å²) in [6.45, 7) is 0.392. The molecule has 0 aromatic carbocycles. The van der Waals surface area contributed by atoms with Crippen LogP contribution in [0.2, 0.25) is 0 Å². The summed E-state index contributed by atoms with van der Waals surface area (Å²) < 4.78 is 0. The maximum atomic E-state index is 11.5. The molecule has 1 heterocycles. The number of H-pyrrole nitrogens is 1. The van der Waals surface area contributed by atoms with Gasteiger partial charge in [0.05, 0.1) is 0 Å². The maximum absolute atomic E-state index is 11.5. The number of carboxylic acids is 1. The van der Waals surface area contributed by atoms with E-state index in [9.17, 15) is 14.4 Å². The molecule has 0 spiro atoms. The maximum Gasteiger partial charge on any atom is 0.303 e. The first kappa shape index (κ1) is 13.0. The topological polar surface area (TPSA) is 99.3 Å². The summed E-state index contributed by atoms with van der Waals surface area (Å²) in [5.74, 6) is -1.21. The molecule has 6 nitrogen and oxygen atoms in total. The molecule has 0 aliphatic carbocycles. The van der Waals surface area contributed by atoms with E-state index in [1.54, 1.807) is 0 Å². The summed E-state index contributed by atoms with van der Waals surface area (Å²) in [7, 11) is 0. The van der Waals surface area contributed by atoms with Crippen molar-refractivity contribution in [2.24, 2.45) is 0 Å². The zero-order chi connectivity index (χ0) is 12.7. The molecule has 0 unspecified atom stereocenters. The Morgan fingerprint density at radius 3 is 2.71 bits per heavy atom. The molecule has 0 saturated carbocycles. The van der Waals surface area contributed by atoms with Crippen molar-refractivity contribution < 1.29 is 14.7 Å². The first-order chi connectivity index (χ1) is 8.09. The summed E-state index contributed by atoms with van der Waals surface area (Å²) in [4.78, 5) is 35.1. The lowest BCUT2D eigenvalue weighted by Crippen LogP contribution is -2.27. The third-order valence-electron chi connectivity index (χ3n) is 2.12. The van der Waals surface area contributed by atoms with E-state index in [-0.39, 0.29) is 23.6 Å². The number of nitrogens with one attached hydrogen (secondary N) is 2. The third kappa shape index (κ3) is 4.96. The molecule has 92 valence electrons. The normalized spacial score (nSPS) is 9.88. The van der Waals surface area contributed by atoms with Crippen molar-refractivity contribution >= 4 is 11.9 Å². The summed E-state index contributed by atoms with van der Waals surface area (Å²) >= 11 is 0. The van der Waals surface area contributed by atoms with Gasteiger partial charge in [0.15, 0.2) is 0 Å². The van der Waals surface area contributed by atoms with Crippen molar-refractivity contribution in [3.8, 4) is 0 Å². The fourth-order valence-electron chi connectivity index (χ4n) is 1.28. The molecule has 1 aromatic heterocycles. The van der Waals surface area contributed by atoms with E-state index in [2.05, 4.69) is 10.3 Å². The number of pyridine rings is 1. The number of hydrogen-bond donors (Lipinski definition) is 3. The SMILES string of the molecule is O=C(O)CCCCNC(=O)c1cccc(=O)[nH]1. The van der Waals surface area contributed by atoms with E-state index in [1.807, 2.05) is 0 Å². The standard InChI is InChI=1S/C11H14N2O4/c14-9-5-3-4-8(13-9)11(17)12-7-2-1-6-10(15)16/h3-5H,1-2,6-7H2,(H,12,17)(H,13,14)(H,15,16). The largest absolute Gasteiger partial charge is 0.481 e. The Balaban J connectivity index is 2.30. The molecule has 1 amide bonds. The van der Waals surface area contributed by atoms with Crippen LogP contribution in [0.5, 0.6) is 0 Å². The number of carbonyl (C=O) groups excluding carboxylic acids is 1. The van der Waals surface area contributed by atoms with Gasteiger partial charge >= 0.3 is 5.97 Å². The lowest BCUT2D eigenvalue weighted by Gasteiger charge is -2.03. The van der Waals surface area contributed by atoms with Crippen LogP contribution in [-0.2, 0) is 4.79 Å². The Morgan fingerprint density at radius 2 is 2.06 bits per heavy atom. The van der Waals surface area contributed by atoms with Gasteiger partial charge in [0.2, 0.25) is 5.56 Å². The zero-order valence-electron chi connectivity index (χ0n) is 9.23. The van der Waals surface area contributed by atoms with Gasteiger partial charge in [-0.25, -0.2) is 0 Å². The lowest BCUT2D eigenvalue weighted by atomic mass is 10.2. The van der Waals surface area contributed by atoms with E-state index in [4.69, 9.17) is 5.11 Å². The van der Waals surface area contributed by atoms with E-state index < -0.39 is 5.97 Å². The highest BCUT2D eigenvalue weighted by Crippen LogP contribution is 1.95. The fourth-order valence-corrected chi connectivity index (χ4v) is 1.28. The van der Waals surface area contributed by atoms with Crippen LogP contribution in [0.15, 0.2) is 23.0 Å². The number of carbonyl (C=O) groups is 2. The Hall–Kier alpha value is -2.11. The van der Waals surface area contributed by atoms with E-state index >= 15 is 0 Å². The van der Waals surface area contributed by atoms with Gasteiger partial charge in [0, 0.05) is 19.0 Å². The minimum absolute atomic E-state index is 0.0953. The molecule has 3 N–H and O–H groups in total. The highest BCUT2D eigenvalue weighted by atomic mass is 16.4. The molecule has 0 fully saturated rings. The predicted octanol–water partition coefficient (Wildman–Crippen LogP) is 0.360. The molecule has 0 bridgehead atoms. The molecular formula is C11H14N2O4. The van der Waals surface area contributed by atoms with Crippen molar-refractivity contribution in [3.05, 3.63) is 34.2 Å². The van der Waals surface area contributed by atoms with Gasteiger partial charge in [-0.05, 0) is 18.9 Å². The van der Waals surface area contributed by atoms with Crippen LogP contribution >= 0.6 is 0 Å². The average molecular weight is 238 g/mol. The average Bonchev–Trinajstić information content (AvgIpc) is 2.28. The first-order valence-electron chi connectivity index (χ1n) is 5.29. The second-order valence-corrected chi connectivity index (χ2v) is 3.54. The number of rotatable bonds is 6. The minimum Gasteiger partial charge on any atom is -0.481 e. The molecule has 0 atom stereocenters. The highest BCUT2D eigenvalue weighted by Gasteiger charge is 2.04. The zero-order valence-corrected chi connectivity index (χ0v) is 9.23. The van der Waals surface area contributed by atoms with Crippen molar-refractivity contribution in [1.29, 1.82) is 0 Å². The Kier molecular flexibility index (Phi) is 4.93. The van der Waals surface area contributed by atoms with Crippen molar-refractivity contribution in [2.45, 2.75) is 19.3 Å². The van der Waals surface area contributed by atoms with Gasteiger partial charge in [0.25, 0.3) is 5.91 Å². The smallest absolute Gasteiger partial charge is 0.303 e. The van der Waals surface area contributed by atoms with Crippen LogP contribution in [0.3, 0.4) is 0 Å². The molecule has 0 aliphatic rings. The van der Waals surface area contributed by atoms with Gasteiger partial charge < -0.3 is 15.4 Å². The van der Waals surface area contributed by atoms with Crippen molar-refractivity contribution in [1.82, 2.24) is 10.3 Å². The summed E-state index contributed by atoms with van der Waals surface area (Å²) in [5.41, 5.74) is -0.126. The monoisotopic (exact) mass is 238 g/mol. The lowest BCUT2D eigenvalue weighted by molar-refractivity contribution is -0.137. The Labute approximate surface area is 97.7 Å². The van der Waals surface area contributed by atoms with Gasteiger partial charge in [-0.2, -0.15) is 0 Å². The second-order valence-electron chi connectivity index (χ2n) is 3.54. The van der Waals surface area contributed by atoms with Gasteiger partial charge in [-0.1, -0.05) is 6.07 Å². The number of hydrogen-bond acceptors (Lipinski definition) is 3. The molecule has 17 heavy (non-hydrogen) atoms. The number of unbranched alkanes of at least 4 members (excludes halogenated alkanes) is 1. The molecule has 1 rings (SSSR count). The van der Waals surface area contributed by atoms with E-state index in [1.165, 1.54) is 18.2 Å². The number of amides is 1. The number of aromatic amines is 1. The van der Waals surface area contributed by atoms with E-state index in [0.717, 1.165) is 0 Å². The summed E-state index contributed by atoms with van der Waals surface area (Å²) in [6.07, 6.45) is 1.20. The second kappa shape index (κ2) is 6.47. The van der Waals surface area contributed by atoms with E-state index in [0.29, 0.717) is 19.4 Å². The van der Waals surface area contributed by atoms with Gasteiger partial charge in [0.1, 0.15) is 5.69 Å². The molecule has 1 aromatic rings. The predicted molar refractivity (Wildman–Crippen MR) is 60.9 cm³/mol. The van der Waals surface area contributed by atoms with Crippen molar-refractivity contribution in [3.63, 3.8) is 0 Å². The Morgan fingerprint density at radius 1 is 1.29 bits per heavy atom. The minimum atomic E-state index is -0.844. The Bertz CT molecular complexity index is 453.